The highest BCUT2D eigenvalue weighted by Gasteiger charge is 2.29. The van der Waals surface area contributed by atoms with Crippen LogP contribution in [0, 0.1) is 5.92 Å². The minimum Gasteiger partial charge on any atom is -0.497 e. The van der Waals surface area contributed by atoms with E-state index in [1.54, 1.807) is 18.9 Å². The van der Waals surface area contributed by atoms with Crippen LogP contribution in [0.1, 0.15) is 37.4 Å². The van der Waals surface area contributed by atoms with Crippen LogP contribution in [0.15, 0.2) is 41.6 Å². The molecule has 6 heteroatoms. The minimum atomic E-state index is 0.216. The maximum Gasteiger partial charge on any atom is 0.232 e. The molecule has 0 N–H and O–H groups in total. The first-order valence-electron chi connectivity index (χ1n) is 9.78. The minimum absolute atomic E-state index is 0.216. The standard InChI is InChI=1S/C21H27N3O2S/c1-26-18-5-2-6-19(12-18)27-15-20(25)23-10-3-4-17(14-23)21-22-9-11-24(21)13-16-7-8-16/h2,5-6,9,11-12,16-17H,3-4,7-8,10,13-15H2,1H3/t17-/m1/s1. The number of piperidine rings is 1. The van der Waals surface area contributed by atoms with Crippen LogP contribution in [0.2, 0.25) is 0 Å². The maximum atomic E-state index is 12.8. The first kappa shape index (κ1) is 18.4. The van der Waals surface area contributed by atoms with Crippen LogP contribution in [-0.4, -0.2) is 46.3 Å². The van der Waals surface area contributed by atoms with Crippen LogP contribution in [0.25, 0.3) is 0 Å². The summed E-state index contributed by atoms with van der Waals surface area (Å²) in [5.41, 5.74) is 0. The summed E-state index contributed by atoms with van der Waals surface area (Å²) < 4.78 is 7.58. The van der Waals surface area contributed by atoms with E-state index in [4.69, 9.17) is 4.74 Å². The zero-order valence-corrected chi connectivity index (χ0v) is 16.7. The molecule has 1 aliphatic heterocycles. The molecule has 4 rings (SSSR count). The molecule has 2 aromatic rings. The van der Waals surface area contributed by atoms with E-state index in [0.29, 0.717) is 11.7 Å². The lowest BCUT2D eigenvalue weighted by atomic mass is 9.97. The average Bonchev–Trinajstić information content (AvgIpc) is 3.41. The number of amides is 1. The molecule has 2 fully saturated rings. The number of methoxy groups -OCH3 is 1. The van der Waals surface area contributed by atoms with Crippen LogP contribution in [-0.2, 0) is 11.3 Å². The quantitative estimate of drug-likeness (QED) is 0.680. The number of hydrogen-bond acceptors (Lipinski definition) is 4. The van der Waals surface area contributed by atoms with Crippen molar-refractivity contribution in [2.24, 2.45) is 5.92 Å². The second-order valence-corrected chi connectivity index (χ2v) is 8.58. The Morgan fingerprint density at radius 1 is 1.33 bits per heavy atom. The molecular formula is C21H27N3O2S. The number of imidazole rings is 1. The lowest BCUT2D eigenvalue weighted by molar-refractivity contribution is -0.129. The van der Waals surface area contributed by atoms with Crippen molar-refractivity contribution in [3.63, 3.8) is 0 Å². The number of carbonyl (C=O) groups is 1. The van der Waals surface area contributed by atoms with Gasteiger partial charge in [-0.05, 0) is 49.8 Å². The van der Waals surface area contributed by atoms with E-state index in [9.17, 15) is 4.79 Å². The first-order chi connectivity index (χ1) is 13.2. The molecule has 0 unspecified atom stereocenters. The monoisotopic (exact) mass is 385 g/mol. The van der Waals surface area contributed by atoms with Crippen molar-refractivity contribution in [2.75, 3.05) is 26.0 Å². The molecule has 1 aromatic heterocycles. The SMILES string of the molecule is COc1cccc(SCC(=O)N2CCC[C@@H](c3nccn3CC3CC3)C2)c1. The normalized spacial score (nSPS) is 19.9. The third-order valence-electron chi connectivity index (χ3n) is 5.44. The van der Waals surface area contributed by atoms with Crippen LogP contribution in [0.5, 0.6) is 5.75 Å². The summed E-state index contributed by atoms with van der Waals surface area (Å²) in [6, 6.07) is 7.88. The van der Waals surface area contributed by atoms with Gasteiger partial charge in [0.1, 0.15) is 11.6 Å². The van der Waals surface area contributed by atoms with Crippen molar-refractivity contribution in [3.8, 4) is 5.75 Å². The molecule has 5 nitrogen and oxygen atoms in total. The lowest BCUT2D eigenvalue weighted by Gasteiger charge is -2.32. The molecule has 1 saturated carbocycles. The molecule has 27 heavy (non-hydrogen) atoms. The Labute approximate surface area is 165 Å². The summed E-state index contributed by atoms with van der Waals surface area (Å²) in [5.74, 6) is 3.87. The average molecular weight is 386 g/mol. The number of ether oxygens (including phenoxy) is 1. The van der Waals surface area contributed by atoms with Crippen molar-refractivity contribution in [1.82, 2.24) is 14.5 Å². The van der Waals surface area contributed by atoms with Gasteiger partial charge in [-0.15, -0.1) is 11.8 Å². The van der Waals surface area contributed by atoms with Gasteiger partial charge < -0.3 is 14.2 Å². The molecule has 1 aromatic carbocycles. The summed E-state index contributed by atoms with van der Waals surface area (Å²) >= 11 is 1.58. The number of thioether (sulfide) groups is 1. The summed E-state index contributed by atoms with van der Waals surface area (Å²) in [6.07, 6.45) is 8.87. The van der Waals surface area contributed by atoms with Gasteiger partial charge in [-0.25, -0.2) is 4.98 Å². The predicted molar refractivity (Wildman–Crippen MR) is 107 cm³/mol. The predicted octanol–water partition coefficient (Wildman–Crippen LogP) is 3.80. The molecule has 0 radical (unpaired) electrons. The Balaban J connectivity index is 1.34. The van der Waals surface area contributed by atoms with Crippen molar-refractivity contribution >= 4 is 17.7 Å². The second kappa shape index (κ2) is 8.38. The van der Waals surface area contributed by atoms with E-state index >= 15 is 0 Å². The second-order valence-electron chi connectivity index (χ2n) is 7.53. The van der Waals surface area contributed by atoms with Gasteiger partial charge in [0.25, 0.3) is 0 Å². The molecule has 1 aliphatic carbocycles. The van der Waals surface area contributed by atoms with Gasteiger partial charge in [0.2, 0.25) is 5.91 Å². The number of hydrogen-bond donors (Lipinski definition) is 0. The summed E-state index contributed by atoms with van der Waals surface area (Å²) in [7, 11) is 1.66. The largest absolute Gasteiger partial charge is 0.497 e. The van der Waals surface area contributed by atoms with E-state index < -0.39 is 0 Å². The number of aromatic nitrogens is 2. The third-order valence-corrected chi connectivity index (χ3v) is 6.42. The van der Waals surface area contributed by atoms with E-state index in [-0.39, 0.29) is 5.91 Å². The van der Waals surface area contributed by atoms with Crippen LogP contribution < -0.4 is 4.74 Å². The third kappa shape index (κ3) is 4.67. The smallest absolute Gasteiger partial charge is 0.232 e. The van der Waals surface area contributed by atoms with Gasteiger partial charge in [-0.3, -0.25) is 4.79 Å². The Kier molecular flexibility index (Phi) is 5.72. The van der Waals surface area contributed by atoms with Crippen LogP contribution in [0.3, 0.4) is 0 Å². The van der Waals surface area contributed by atoms with Crippen molar-refractivity contribution < 1.29 is 9.53 Å². The van der Waals surface area contributed by atoms with E-state index in [0.717, 1.165) is 49.0 Å². The molecule has 1 saturated heterocycles. The fourth-order valence-electron chi connectivity index (χ4n) is 3.76. The van der Waals surface area contributed by atoms with Gasteiger partial charge >= 0.3 is 0 Å². The Bertz CT molecular complexity index is 787. The number of benzene rings is 1. The molecule has 0 spiro atoms. The number of carbonyl (C=O) groups excluding carboxylic acids is 1. The first-order valence-corrected chi connectivity index (χ1v) is 10.8. The maximum absolute atomic E-state index is 12.8. The summed E-state index contributed by atoms with van der Waals surface area (Å²) in [4.78, 5) is 20.5. The fraction of sp³-hybridized carbons (Fsp3) is 0.524. The Morgan fingerprint density at radius 2 is 2.22 bits per heavy atom. The highest BCUT2D eigenvalue weighted by atomic mass is 32.2. The van der Waals surface area contributed by atoms with Gasteiger partial charge in [0, 0.05) is 42.8 Å². The summed E-state index contributed by atoms with van der Waals surface area (Å²) in [5, 5.41) is 0. The van der Waals surface area contributed by atoms with E-state index in [2.05, 4.69) is 15.7 Å². The van der Waals surface area contributed by atoms with Crippen molar-refractivity contribution in [1.29, 1.82) is 0 Å². The van der Waals surface area contributed by atoms with E-state index in [1.807, 2.05) is 35.4 Å². The van der Waals surface area contributed by atoms with Gasteiger partial charge in [-0.2, -0.15) is 0 Å². The number of likely N-dealkylation sites (tertiary alicyclic amines) is 1. The lowest BCUT2D eigenvalue weighted by Crippen LogP contribution is -2.40. The molecule has 0 bridgehead atoms. The fourth-order valence-corrected chi connectivity index (χ4v) is 4.60. The zero-order valence-electron chi connectivity index (χ0n) is 15.8. The molecule has 2 aliphatic rings. The highest BCUT2D eigenvalue weighted by molar-refractivity contribution is 8.00. The molecule has 1 atom stereocenters. The molecule has 144 valence electrons. The van der Waals surface area contributed by atoms with E-state index in [1.165, 1.54) is 18.7 Å². The highest BCUT2D eigenvalue weighted by Crippen LogP contribution is 2.33. The number of nitrogens with zero attached hydrogens (tertiary/aromatic N) is 3. The summed E-state index contributed by atoms with van der Waals surface area (Å²) in [6.45, 7) is 2.74. The Morgan fingerprint density at radius 3 is 3.04 bits per heavy atom. The number of rotatable bonds is 7. The molecular weight excluding hydrogens is 358 g/mol. The van der Waals surface area contributed by atoms with Crippen LogP contribution in [0.4, 0.5) is 0 Å². The molecule has 2 heterocycles. The zero-order chi connectivity index (χ0) is 18.6. The van der Waals surface area contributed by atoms with Gasteiger partial charge in [-0.1, -0.05) is 6.07 Å². The topological polar surface area (TPSA) is 47.4 Å². The van der Waals surface area contributed by atoms with Gasteiger partial charge in [0.05, 0.1) is 12.9 Å². The van der Waals surface area contributed by atoms with Crippen molar-refractivity contribution in [2.45, 2.75) is 43.0 Å². The Hall–Kier alpha value is -1.95. The molecule has 1 amide bonds. The van der Waals surface area contributed by atoms with Crippen LogP contribution >= 0.6 is 11.8 Å². The van der Waals surface area contributed by atoms with Gasteiger partial charge in [0.15, 0.2) is 0 Å². The van der Waals surface area contributed by atoms with Crippen molar-refractivity contribution in [3.05, 3.63) is 42.5 Å².